The molecule has 0 radical (unpaired) electrons. The lowest BCUT2D eigenvalue weighted by molar-refractivity contribution is -0.142. The number of amides is 1. The maximum atomic E-state index is 12.0. The molecule has 0 aliphatic heterocycles. The van der Waals surface area contributed by atoms with Crippen LogP contribution in [0.5, 0.6) is 5.75 Å². The highest BCUT2D eigenvalue weighted by atomic mass is 79.9. The number of phenolic OH excluding ortho intramolecular Hbond substituents is 1. The lowest BCUT2D eigenvalue weighted by Gasteiger charge is -2.27. The van der Waals surface area contributed by atoms with Crippen molar-refractivity contribution >= 4 is 27.8 Å². The second kappa shape index (κ2) is 5.61. The van der Waals surface area contributed by atoms with E-state index < -0.39 is 23.3 Å². The first-order valence-electron chi connectivity index (χ1n) is 5.65. The molecule has 0 heterocycles. The Balaban J connectivity index is 2.94. The van der Waals surface area contributed by atoms with Crippen molar-refractivity contribution in [2.75, 3.05) is 0 Å². The number of carboxylic acids is 1. The number of halogens is 1. The summed E-state index contributed by atoms with van der Waals surface area (Å²) in [5.41, 5.74) is -0.407. The number of carbonyl (C=O) groups excluding carboxylic acids is 1. The van der Waals surface area contributed by atoms with Gasteiger partial charge >= 0.3 is 5.97 Å². The van der Waals surface area contributed by atoms with Crippen LogP contribution >= 0.6 is 15.9 Å². The summed E-state index contributed by atoms with van der Waals surface area (Å²) in [6.07, 6.45) is 0. The van der Waals surface area contributed by atoms with Gasteiger partial charge in [0.05, 0.1) is 4.47 Å². The first-order chi connectivity index (χ1) is 8.62. The molecule has 0 fully saturated rings. The molecule has 19 heavy (non-hydrogen) atoms. The van der Waals surface area contributed by atoms with Gasteiger partial charge in [-0.25, -0.2) is 4.79 Å². The Morgan fingerprint density at radius 1 is 1.32 bits per heavy atom. The summed E-state index contributed by atoms with van der Waals surface area (Å²) in [6, 6.07) is 3.30. The molecule has 0 spiro atoms. The number of hydrogen-bond donors (Lipinski definition) is 3. The molecule has 1 rings (SSSR count). The predicted octanol–water partition coefficient (Wildman–Crippen LogP) is 2.38. The second-order valence-corrected chi connectivity index (χ2v) is 6.13. The second-order valence-electron chi connectivity index (χ2n) is 5.28. The molecule has 0 bridgehead atoms. The Bertz CT molecular complexity index is 508. The van der Waals surface area contributed by atoms with E-state index in [1.54, 1.807) is 20.8 Å². The van der Waals surface area contributed by atoms with E-state index >= 15 is 0 Å². The van der Waals surface area contributed by atoms with Gasteiger partial charge in [-0.15, -0.1) is 0 Å². The number of rotatable bonds is 3. The minimum absolute atomic E-state index is 0.0738. The third-order valence-electron chi connectivity index (χ3n) is 2.60. The van der Waals surface area contributed by atoms with Gasteiger partial charge in [0.2, 0.25) is 0 Å². The zero-order valence-corrected chi connectivity index (χ0v) is 12.5. The van der Waals surface area contributed by atoms with E-state index in [9.17, 15) is 14.7 Å². The third-order valence-corrected chi connectivity index (χ3v) is 3.27. The van der Waals surface area contributed by atoms with Crippen molar-refractivity contribution in [2.24, 2.45) is 5.41 Å². The number of benzene rings is 1. The highest BCUT2D eigenvalue weighted by Crippen LogP contribution is 2.25. The first-order valence-corrected chi connectivity index (χ1v) is 6.44. The highest BCUT2D eigenvalue weighted by Gasteiger charge is 2.32. The van der Waals surface area contributed by atoms with Gasteiger partial charge in [-0.2, -0.15) is 0 Å². The summed E-state index contributed by atoms with van der Waals surface area (Å²) in [6.45, 7) is 5.18. The van der Waals surface area contributed by atoms with E-state index in [0.717, 1.165) is 0 Å². The third kappa shape index (κ3) is 3.96. The van der Waals surface area contributed by atoms with Gasteiger partial charge in [-0.05, 0) is 39.5 Å². The molecule has 1 atom stereocenters. The van der Waals surface area contributed by atoms with Crippen molar-refractivity contribution in [2.45, 2.75) is 26.8 Å². The molecule has 1 unspecified atom stereocenters. The highest BCUT2D eigenvalue weighted by molar-refractivity contribution is 9.10. The summed E-state index contributed by atoms with van der Waals surface area (Å²) in [5.74, 6) is -1.71. The SMILES string of the molecule is CC(C)(C)C(NC(=O)c1ccc(Br)c(O)c1)C(=O)O. The quantitative estimate of drug-likeness (QED) is 0.794. The average Bonchev–Trinajstić information content (AvgIpc) is 2.27. The molecular formula is C13H16BrNO4. The lowest BCUT2D eigenvalue weighted by atomic mass is 9.86. The molecule has 0 aromatic heterocycles. The summed E-state index contributed by atoms with van der Waals surface area (Å²) < 4.78 is 0.467. The number of aliphatic carboxylic acids is 1. The molecule has 104 valence electrons. The number of hydrogen-bond acceptors (Lipinski definition) is 3. The van der Waals surface area contributed by atoms with E-state index in [0.29, 0.717) is 4.47 Å². The van der Waals surface area contributed by atoms with Crippen molar-refractivity contribution in [3.63, 3.8) is 0 Å². The van der Waals surface area contributed by atoms with Crippen LogP contribution < -0.4 is 5.32 Å². The molecule has 1 aromatic carbocycles. The van der Waals surface area contributed by atoms with E-state index in [4.69, 9.17) is 5.11 Å². The Morgan fingerprint density at radius 3 is 2.32 bits per heavy atom. The normalized spacial score (nSPS) is 12.8. The summed E-state index contributed by atoms with van der Waals surface area (Å²) >= 11 is 3.11. The zero-order chi connectivity index (χ0) is 14.8. The minimum Gasteiger partial charge on any atom is -0.507 e. The maximum Gasteiger partial charge on any atom is 0.326 e. The molecule has 0 saturated carbocycles. The van der Waals surface area contributed by atoms with Gasteiger partial charge in [0.25, 0.3) is 5.91 Å². The molecule has 0 saturated heterocycles. The van der Waals surface area contributed by atoms with Gasteiger partial charge in [0, 0.05) is 5.56 Å². The van der Waals surface area contributed by atoms with E-state index in [1.807, 2.05) is 0 Å². The minimum atomic E-state index is -1.10. The van der Waals surface area contributed by atoms with Crippen LogP contribution in [-0.4, -0.2) is 28.1 Å². The fourth-order valence-electron chi connectivity index (χ4n) is 1.52. The van der Waals surface area contributed by atoms with Crippen LogP contribution in [0.25, 0.3) is 0 Å². The number of carbonyl (C=O) groups is 2. The van der Waals surface area contributed by atoms with Gasteiger partial charge in [-0.1, -0.05) is 20.8 Å². The summed E-state index contributed by atoms with van der Waals surface area (Å²) in [4.78, 5) is 23.1. The average molecular weight is 330 g/mol. The Kier molecular flexibility index (Phi) is 4.57. The molecular weight excluding hydrogens is 314 g/mol. The maximum absolute atomic E-state index is 12.0. The van der Waals surface area contributed by atoms with Gasteiger partial charge < -0.3 is 15.5 Å². The van der Waals surface area contributed by atoms with Crippen LogP contribution in [0.4, 0.5) is 0 Å². The number of nitrogens with one attached hydrogen (secondary N) is 1. The van der Waals surface area contributed by atoms with Gasteiger partial charge in [0.15, 0.2) is 0 Å². The van der Waals surface area contributed by atoms with Crippen LogP contribution in [-0.2, 0) is 4.79 Å². The van der Waals surface area contributed by atoms with Crippen molar-refractivity contribution in [1.82, 2.24) is 5.32 Å². The predicted molar refractivity (Wildman–Crippen MR) is 74.2 cm³/mol. The molecule has 3 N–H and O–H groups in total. The van der Waals surface area contributed by atoms with Gasteiger partial charge in [-0.3, -0.25) is 4.79 Å². The van der Waals surface area contributed by atoms with Crippen molar-refractivity contribution in [3.05, 3.63) is 28.2 Å². The van der Waals surface area contributed by atoms with E-state index in [1.165, 1.54) is 18.2 Å². The topological polar surface area (TPSA) is 86.6 Å². The van der Waals surface area contributed by atoms with Crippen LogP contribution in [0.1, 0.15) is 31.1 Å². The van der Waals surface area contributed by atoms with Crippen LogP contribution in [0.2, 0.25) is 0 Å². The molecule has 6 heteroatoms. The molecule has 1 aromatic rings. The van der Waals surface area contributed by atoms with Crippen molar-refractivity contribution in [1.29, 1.82) is 0 Å². The molecule has 0 aliphatic carbocycles. The molecule has 0 aliphatic rings. The molecule has 5 nitrogen and oxygen atoms in total. The number of carboxylic acid groups (broad SMARTS) is 1. The monoisotopic (exact) mass is 329 g/mol. The number of phenols is 1. The van der Waals surface area contributed by atoms with E-state index in [2.05, 4.69) is 21.2 Å². The lowest BCUT2D eigenvalue weighted by Crippen LogP contribution is -2.49. The van der Waals surface area contributed by atoms with Crippen LogP contribution in [0.3, 0.4) is 0 Å². The van der Waals surface area contributed by atoms with Crippen molar-refractivity contribution < 1.29 is 19.8 Å². The Hall–Kier alpha value is -1.56. The largest absolute Gasteiger partial charge is 0.507 e. The first kappa shape index (κ1) is 15.5. The fraction of sp³-hybridized carbons (Fsp3) is 0.385. The zero-order valence-electron chi connectivity index (χ0n) is 10.9. The van der Waals surface area contributed by atoms with Crippen molar-refractivity contribution in [3.8, 4) is 5.75 Å². The standard InChI is InChI=1S/C13H16BrNO4/c1-13(2,3)10(12(18)19)15-11(17)7-4-5-8(14)9(16)6-7/h4-6,10,16H,1-3H3,(H,15,17)(H,18,19). The van der Waals surface area contributed by atoms with E-state index in [-0.39, 0.29) is 11.3 Å². The number of aromatic hydroxyl groups is 1. The van der Waals surface area contributed by atoms with Crippen LogP contribution in [0, 0.1) is 5.41 Å². The van der Waals surface area contributed by atoms with Crippen LogP contribution in [0.15, 0.2) is 22.7 Å². The summed E-state index contributed by atoms with van der Waals surface area (Å²) in [7, 11) is 0. The Morgan fingerprint density at radius 2 is 1.89 bits per heavy atom. The smallest absolute Gasteiger partial charge is 0.326 e. The fourth-order valence-corrected chi connectivity index (χ4v) is 1.76. The molecule has 1 amide bonds. The Labute approximate surface area is 119 Å². The summed E-state index contributed by atoms with van der Waals surface area (Å²) in [5, 5.41) is 21.1. The van der Waals surface area contributed by atoms with Gasteiger partial charge in [0.1, 0.15) is 11.8 Å².